The molecule has 1 aliphatic heterocycles. The van der Waals surface area contributed by atoms with Crippen molar-refractivity contribution in [1.29, 1.82) is 0 Å². The zero-order valence-electron chi connectivity index (χ0n) is 6.02. The summed E-state index contributed by atoms with van der Waals surface area (Å²) in [5.74, 6) is 0. The Morgan fingerprint density at radius 2 is 2.44 bits per heavy atom. The van der Waals surface area contributed by atoms with E-state index >= 15 is 0 Å². The van der Waals surface area contributed by atoms with Gasteiger partial charge in [-0.05, 0) is 31.2 Å². The molecule has 1 heterocycles. The van der Waals surface area contributed by atoms with Crippen LogP contribution in [0.3, 0.4) is 0 Å². The van der Waals surface area contributed by atoms with Crippen LogP contribution in [0.4, 0.5) is 0 Å². The van der Waals surface area contributed by atoms with Crippen LogP contribution >= 0.6 is 0 Å². The van der Waals surface area contributed by atoms with Gasteiger partial charge in [-0.15, -0.1) is 0 Å². The van der Waals surface area contributed by atoms with Crippen LogP contribution in [0.2, 0.25) is 0 Å². The van der Waals surface area contributed by atoms with Gasteiger partial charge in [0.05, 0.1) is 0 Å². The first-order valence-corrected chi connectivity index (χ1v) is 3.46. The van der Waals surface area contributed by atoms with E-state index in [9.17, 15) is 0 Å². The Morgan fingerprint density at radius 3 is 2.89 bits per heavy atom. The third-order valence-corrected chi connectivity index (χ3v) is 1.53. The highest BCUT2D eigenvalue weighted by atomic mass is 14.9. The van der Waals surface area contributed by atoms with Gasteiger partial charge in [0.15, 0.2) is 0 Å². The summed E-state index contributed by atoms with van der Waals surface area (Å²) in [5.41, 5.74) is 1.43. The lowest BCUT2D eigenvalue weighted by Gasteiger charge is -2.12. The van der Waals surface area contributed by atoms with E-state index in [-0.39, 0.29) is 0 Å². The van der Waals surface area contributed by atoms with Gasteiger partial charge in [0.25, 0.3) is 0 Å². The Morgan fingerprint density at radius 1 is 1.67 bits per heavy atom. The van der Waals surface area contributed by atoms with Crippen LogP contribution in [0.5, 0.6) is 0 Å². The molecule has 0 saturated heterocycles. The summed E-state index contributed by atoms with van der Waals surface area (Å²) < 4.78 is 0. The molecular formula is C8H13N. The van der Waals surface area contributed by atoms with Crippen LogP contribution in [0.15, 0.2) is 23.9 Å². The number of hydrogen-bond donors (Lipinski definition) is 1. The van der Waals surface area contributed by atoms with E-state index in [2.05, 4.69) is 31.3 Å². The van der Waals surface area contributed by atoms with E-state index in [1.54, 1.807) is 0 Å². The van der Waals surface area contributed by atoms with Crippen LogP contribution < -0.4 is 5.32 Å². The fourth-order valence-electron chi connectivity index (χ4n) is 0.967. The molecule has 1 atom stereocenters. The van der Waals surface area contributed by atoms with Gasteiger partial charge in [-0.1, -0.05) is 13.0 Å². The smallest absolute Gasteiger partial charge is 0.0416 e. The van der Waals surface area contributed by atoms with E-state index in [1.807, 2.05) is 6.20 Å². The molecule has 0 aromatic rings. The van der Waals surface area contributed by atoms with Crippen molar-refractivity contribution in [3.8, 4) is 0 Å². The summed E-state index contributed by atoms with van der Waals surface area (Å²) in [6.45, 7) is 4.33. The molecule has 0 aliphatic carbocycles. The Balaban J connectivity index is 2.59. The van der Waals surface area contributed by atoms with E-state index in [0.29, 0.717) is 6.04 Å². The summed E-state index contributed by atoms with van der Waals surface area (Å²) in [7, 11) is 0. The van der Waals surface area contributed by atoms with Crippen molar-refractivity contribution >= 4 is 0 Å². The zero-order valence-corrected chi connectivity index (χ0v) is 6.02. The molecule has 1 heteroatoms. The van der Waals surface area contributed by atoms with Crippen LogP contribution in [-0.2, 0) is 0 Å². The molecule has 0 saturated carbocycles. The van der Waals surface area contributed by atoms with Gasteiger partial charge in [-0.2, -0.15) is 0 Å². The number of nitrogens with one attached hydrogen (secondary N) is 1. The van der Waals surface area contributed by atoms with Crippen molar-refractivity contribution in [2.75, 3.05) is 0 Å². The first-order valence-electron chi connectivity index (χ1n) is 3.46. The molecule has 0 aromatic carbocycles. The van der Waals surface area contributed by atoms with Crippen molar-refractivity contribution in [2.45, 2.75) is 26.3 Å². The van der Waals surface area contributed by atoms with Crippen molar-refractivity contribution in [3.63, 3.8) is 0 Å². The van der Waals surface area contributed by atoms with Crippen molar-refractivity contribution in [3.05, 3.63) is 23.9 Å². The maximum atomic E-state index is 3.19. The van der Waals surface area contributed by atoms with E-state index < -0.39 is 0 Å². The van der Waals surface area contributed by atoms with Crippen molar-refractivity contribution in [1.82, 2.24) is 5.32 Å². The third kappa shape index (κ3) is 1.60. The SMILES string of the molecule is CCC1=CC(C)NC=C1. The number of hydrogen-bond acceptors (Lipinski definition) is 1. The maximum Gasteiger partial charge on any atom is 0.0416 e. The van der Waals surface area contributed by atoms with Crippen LogP contribution in [0, 0.1) is 0 Å². The highest BCUT2D eigenvalue weighted by molar-refractivity contribution is 5.23. The fourth-order valence-corrected chi connectivity index (χ4v) is 0.967. The fraction of sp³-hybridized carbons (Fsp3) is 0.500. The molecule has 1 N–H and O–H groups in total. The molecule has 1 aliphatic rings. The Labute approximate surface area is 56.5 Å². The van der Waals surface area contributed by atoms with E-state index in [1.165, 1.54) is 5.57 Å². The molecular weight excluding hydrogens is 110 g/mol. The first kappa shape index (κ1) is 6.40. The molecule has 0 fully saturated rings. The number of allylic oxidation sites excluding steroid dienone is 2. The predicted molar refractivity (Wildman–Crippen MR) is 40.1 cm³/mol. The van der Waals surface area contributed by atoms with Gasteiger partial charge in [0.2, 0.25) is 0 Å². The summed E-state index contributed by atoms with van der Waals surface area (Å²) in [6, 6.07) is 0.518. The number of rotatable bonds is 1. The topological polar surface area (TPSA) is 12.0 Å². The van der Waals surface area contributed by atoms with Gasteiger partial charge >= 0.3 is 0 Å². The monoisotopic (exact) mass is 123 g/mol. The average molecular weight is 123 g/mol. The average Bonchev–Trinajstić information content (AvgIpc) is 1.88. The zero-order chi connectivity index (χ0) is 6.69. The first-order chi connectivity index (χ1) is 4.33. The summed E-state index contributed by atoms with van der Waals surface area (Å²) in [4.78, 5) is 0. The van der Waals surface area contributed by atoms with Gasteiger partial charge in [0.1, 0.15) is 0 Å². The normalized spacial score (nSPS) is 25.1. The Bertz CT molecular complexity index is 145. The molecule has 0 amide bonds. The molecule has 0 spiro atoms. The molecule has 0 bridgehead atoms. The molecule has 1 unspecified atom stereocenters. The Kier molecular flexibility index (Phi) is 1.93. The van der Waals surface area contributed by atoms with E-state index in [4.69, 9.17) is 0 Å². The van der Waals surface area contributed by atoms with Crippen molar-refractivity contribution < 1.29 is 0 Å². The van der Waals surface area contributed by atoms with Gasteiger partial charge in [0, 0.05) is 6.04 Å². The summed E-state index contributed by atoms with van der Waals surface area (Å²) in [6.07, 6.45) is 7.53. The highest BCUT2D eigenvalue weighted by Gasteiger charge is 1.98. The quantitative estimate of drug-likeness (QED) is 0.561. The lowest BCUT2D eigenvalue weighted by atomic mass is 10.1. The van der Waals surface area contributed by atoms with Crippen LogP contribution in [0.1, 0.15) is 20.3 Å². The largest absolute Gasteiger partial charge is 0.385 e. The Hall–Kier alpha value is -0.720. The van der Waals surface area contributed by atoms with E-state index in [0.717, 1.165) is 6.42 Å². The van der Waals surface area contributed by atoms with Crippen LogP contribution in [-0.4, -0.2) is 6.04 Å². The minimum atomic E-state index is 0.518. The minimum Gasteiger partial charge on any atom is -0.385 e. The second-order valence-electron chi connectivity index (χ2n) is 2.38. The van der Waals surface area contributed by atoms with Gasteiger partial charge < -0.3 is 5.32 Å². The standard InChI is InChI=1S/C8H13N/c1-3-8-4-5-9-7(2)6-8/h4-7,9H,3H2,1-2H3. The lowest BCUT2D eigenvalue weighted by Crippen LogP contribution is -2.20. The second-order valence-corrected chi connectivity index (χ2v) is 2.38. The number of dihydropyridines is 1. The van der Waals surface area contributed by atoms with Gasteiger partial charge in [-0.3, -0.25) is 0 Å². The van der Waals surface area contributed by atoms with Crippen LogP contribution in [0.25, 0.3) is 0 Å². The van der Waals surface area contributed by atoms with Gasteiger partial charge in [-0.25, -0.2) is 0 Å². The predicted octanol–water partition coefficient (Wildman–Crippen LogP) is 1.83. The summed E-state index contributed by atoms with van der Waals surface area (Å²) >= 11 is 0. The molecule has 1 rings (SSSR count). The molecule has 50 valence electrons. The molecule has 0 radical (unpaired) electrons. The minimum absolute atomic E-state index is 0.518. The third-order valence-electron chi connectivity index (χ3n) is 1.53. The second kappa shape index (κ2) is 2.72. The summed E-state index contributed by atoms with van der Waals surface area (Å²) in [5, 5.41) is 3.19. The maximum absolute atomic E-state index is 3.19. The molecule has 1 nitrogen and oxygen atoms in total. The molecule has 0 aromatic heterocycles. The van der Waals surface area contributed by atoms with Crippen molar-refractivity contribution in [2.24, 2.45) is 0 Å². The highest BCUT2D eigenvalue weighted by Crippen LogP contribution is 2.07. The lowest BCUT2D eigenvalue weighted by molar-refractivity contribution is 0.748. The molecule has 9 heavy (non-hydrogen) atoms.